The lowest BCUT2D eigenvalue weighted by Gasteiger charge is -2.28. The Bertz CT molecular complexity index is 763. The third-order valence-electron chi connectivity index (χ3n) is 11.8. The highest BCUT2D eigenvalue weighted by atomic mass is 16.5. The lowest BCUT2D eigenvalue weighted by Crippen LogP contribution is -2.29. The highest BCUT2D eigenvalue weighted by molar-refractivity contribution is 5.69. The summed E-state index contributed by atoms with van der Waals surface area (Å²) in [6.07, 6.45) is 40.6. The van der Waals surface area contributed by atoms with E-state index in [2.05, 4.69) is 32.3 Å². The van der Waals surface area contributed by atoms with Crippen LogP contribution in [-0.2, 0) is 14.3 Å². The van der Waals surface area contributed by atoms with Crippen LogP contribution in [0.1, 0.15) is 233 Å². The van der Waals surface area contributed by atoms with Gasteiger partial charge in [-0.25, -0.2) is 0 Å². The van der Waals surface area contributed by atoms with Crippen molar-refractivity contribution in [1.29, 1.82) is 0 Å². The second-order valence-corrected chi connectivity index (χ2v) is 16.7. The van der Waals surface area contributed by atoms with Crippen molar-refractivity contribution in [3.8, 4) is 0 Å². The molecule has 1 N–H and O–H groups in total. The van der Waals surface area contributed by atoms with Gasteiger partial charge in [-0.2, -0.15) is 0 Å². The van der Waals surface area contributed by atoms with Crippen LogP contribution in [0.5, 0.6) is 0 Å². The molecule has 5 heteroatoms. The molecule has 0 unspecified atom stereocenters. The van der Waals surface area contributed by atoms with Crippen LogP contribution in [0.15, 0.2) is 12.3 Å². The summed E-state index contributed by atoms with van der Waals surface area (Å²) in [5, 5.41) is 9.59. The van der Waals surface area contributed by atoms with Gasteiger partial charge in [-0.3, -0.25) is 4.79 Å². The first-order chi connectivity index (χ1) is 25.5. The molecule has 52 heavy (non-hydrogen) atoms. The van der Waals surface area contributed by atoms with Crippen LogP contribution in [0, 0.1) is 11.8 Å². The number of unbranched alkanes of at least 4 members (excludes halogenated alkanes) is 18. The number of allylic oxidation sites excluding steroid dienone is 1. The van der Waals surface area contributed by atoms with Gasteiger partial charge in [0, 0.05) is 19.4 Å². The zero-order chi connectivity index (χ0) is 37.7. The third-order valence-corrected chi connectivity index (χ3v) is 11.8. The first-order valence-corrected chi connectivity index (χ1v) is 23.3. The summed E-state index contributed by atoms with van der Waals surface area (Å²) in [5.74, 6) is 2.86. The van der Waals surface area contributed by atoms with Crippen molar-refractivity contribution in [3.05, 3.63) is 12.3 Å². The number of esters is 1. The molecule has 0 atom stereocenters. The highest BCUT2D eigenvalue weighted by Gasteiger charge is 2.20. The molecule has 0 amide bonds. The summed E-state index contributed by atoms with van der Waals surface area (Å²) in [5.41, 5.74) is 0. The summed E-state index contributed by atoms with van der Waals surface area (Å²) in [6.45, 7) is 15.1. The first kappa shape index (κ1) is 48.9. The second-order valence-electron chi connectivity index (χ2n) is 16.7. The molecule has 1 rings (SSSR count). The number of rotatable bonds is 39. The summed E-state index contributed by atoms with van der Waals surface area (Å²) in [4.78, 5) is 15.2. The van der Waals surface area contributed by atoms with Gasteiger partial charge in [-0.15, -0.1) is 0 Å². The summed E-state index contributed by atoms with van der Waals surface area (Å²) >= 11 is 0. The fourth-order valence-corrected chi connectivity index (χ4v) is 8.27. The lowest BCUT2D eigenvalue weighted by atomic mass is 9.79. The van der Waals surface area contributed by atoms with Crippen LogP contribution in [0.25, 0.3) is 0 Å². The van der Waals surface area contributed by atoms with Crippen LogP contribution >= 0.6 is 0 Å². The van der Waals surface area contributed by atoms with E-state index in [1.807, 2.05) is 0 Å². The van der Waals surface area contributed by atoms with Gasteiger partial charge in [0.25, 0.3) is 0 Å². The predicted octanol–water partition coefficient (Wildman–Crippen LogP) is 13.9. The average Bonchev–Trinajstić information content (AvgIpc) is 3.14. The van der Waals surface area contributed by atoms with Crippen molar-refractivity contribution in [2.24, 2.45) is 11.8 Å². The molecule has 0 saturated heterocycles. The van der Waals surface area contributed by atoms with Crippen molar-refractivity contribution in [3.63, 3.8) is 0 Å². The number of hydrogen-bond acceptors (Lipinski definition) is 5. The second kappa shape index (κ2) is 36.9. The zero-order valence-corrected chi connectivity index (χ0v) is 35.4. The molecule has 0 heterocycles. The number of aliphatic hydroxyl groups excluding tert-OH is 1. The Balaban J connectivity index is 2.07. The molecule has 1 fully saturated rings. The largest absolute Gasteiger partial charge is 0.499 e. The van der Waals surface area contributed by atoms with E-state index in [0.717, 1.165) is 75.9 Å². The summed E-state index contributed by atoms with van der Waals surface area (Å²) in [6, 6.07) is 0. The molecule has 0 aromatic rings. The minimum Gasteiger partial charge on any atom is -0.499 e. The minimum absolute atomic E-state index is 0.0274. The van der Waals surface area contributed by atoms with Crippen molar-refractivity contribution >= 4 is 5.97 Å². The van der Waals surface area contributed by atoms with Gasteiger partial charge in [0.2, 0.25) is 0 Å². The molecule has 5 nitrogen and oxygen atoms in total. The van der Waals surface area contributed by atoms with Gasteiger partial charge < -0.3 is 19.5 Å². The van der Waals surface area contributed by atoms with Gasteiger partial charge in [0.1, 0.15) is 6.10 Å². The minimum atomic E-state index is 0.0274. The lowest BCUT2D eigenvalue weighted by molar-refractivity contribution is -0.150. The van der Waals surface area contributed by atoms with Gasteiger partial charge in [0.15, 0.2) is 0 Å². The quantitative estimate of drug-likeness (QED) is 0.0387. The van der Waals surface area contributed by atoms with Gasteiger partial charge in [-0.1, -0.05) is 169 Å². The van der Waals surface area contributed by atoms with Crippen LogP contribution in [0.3, 0.4) is 0 Å². The summed E-state index contributed by atoms with van der Waals surface area (Å²) < 4.78 is 12.0. The number of ether oxygens (including phenoxy) is 2. The molecule has 0 bridgehead atoms. The maximum Gasteiger partial charge on any atom is 0.306 e. The van der Waals surface area contributed by atoms with E-state index < -0.39 is 0 Å². The first-order valence-electron chi connectivity index (χ1n) is 23.3. The van der Waals surface area contributed by atoms with E-state index in [9.17, 15) is 9.90 Å². The molecule has 0 spiro atoms. The van der Waals surface area contributed by atoms with E-state index in [0.29, 0.717) is 6.42 Å². The van der Waals surface area contributed by atoms with Gasteiger partial charge in [0.05, 0.1) is 19.0 Å². The Morgan fingerprint density at radius 1 is 0.596 bits per heavy atom. The maximum atomic E-state index is 12.7. The molecule has 1 aliphatic carbocycles. The van der Waals surface area contributed by atoms with Crippen molar-refractivity contribution in [2.75, 3.05) is 32.8 Å². The summed E-state index contributed by atoms with van der Waals surface area (Å²) in [7, 11) is 0. The Hall–Kier alpha value is -1.07. The van der Waals surface area contributed by atoms with E-state index in [-0.39, 0.29) is 18.7 Å². The van der Waals surface area contributed by atoms with Gasteiger partial charge in [-0.05, 0) is 82.7 Å². The van der Waals surface area contributed by atoms with Crippen molar-refractivity contribution in [2.45, 2.75) is 239 Å². The molecule has 1 saturated carbocycles. The molecular formula is C47H91NO4. The molecule has 308 valence electrons. The highest BCUT2D eigenvalue weighted by Crippen LogP contribution is 2.33. The topological polar surface area (TPSA) is 59.0 Å². The SMILES string of the molecule is C=C(CCCCCCCN(CCO)CCCCCCCC(=O)OC(CCCCCCCC)CCCCCCCC)OCCC1CCC(CCC)CC1. The Kier molecular flexibility index (Phi) is 34.7. The Morgan fingerprint density at radius 2 is 1.06 bits per heavy atom. The standard InChI is InChI=1S/C47H91NO4/c1-5-8-10-12-17-23-30-46(31-24-18-13-11-9-6-2)52-47(50)32-25-19-15-21-27-39-48(40-41-49)38-26-20-14-16-22-29-43(4)51-42-37-45-35-33-44(28-7-3)34-36-45/h44-46,49H,4-42H2,1-3H3. The normalized spacial score (nSPS) is 16.2. The monoisotopic (exact) mass is 734 g/mol. The van der Waals surface area contributed by atoms with E-state index in [4.69, 9.17) is 9.47 Å². The maximum absolute atomic E-state index is 12.7. The number of carbonyl (C=O) groups is 1. The Labute approximate surface area is 325 Å². The number of aliphatic hydroxyl groups is 1. The fraction of sp³-hybridized carbons (Fsp3) is 0.936. The Morgan fingerprint density at radius 3 is 1.58 bits per heavy atom. The van der Waals surface area contributed by atoms with Crippen LogP contribution in [0.2, 0.25) is 0 Å². The van der Waals surface area contributed by atoms with Crippen LogP contribution in [0.4, 0.5) is 0 Å². The molecular weight excluding hydrogens is 643 g/mol. The van der Waals surface area contributed by atoms with E-state index in [1.165, 1.54) is 173 Å². The predicted molar refractivity (Wildman–Crippen MR) is 225 cm³/mol. The van der Waals surface area contributed by atoms with Crippen molar-refractivity contribution in [1.82, 2.24) is 4.90 Å². The van der Waals surface area contributed by atoms with E-state index in [1.54, 1.807) is 0 Å². The fourth-order valence-electron chi connectivity index (χ4n) is 8.27. The number of hydrogen-bond donors (Lipinski definition) is 1. The molecule has 0 aliphatic heterocycles. The third kappa shape index (κ3) is 30.3. The van der Waals surface area contributed by atoms with Crippen LogP contribution in [-0.4, -0.2) is 54.9 Å². The molecule has 0 aromatic carbocycles. The number of nitrogens with zero attached hydrogens (tertiary/aromatic N) is 1. The van der Waals surface area contributed by atoms with Crippen LogP contribution < -0.4 is 0 Å². The van der Waals surface area contributed by atoms with E-state index >= 15 is 0 Å². The van der Waals surface area contributed by atoms with Gasteiger partial charge >= 0.3 is 5.97 Å². The smallest absolute Gasteiger partial charge is 0.306 e. The molecule has 0 radical (unpaired) electrons. The molecule has 0 aromatic heterocycles. The van der Waals surface area contributed by atoms with Crippen molar-refractivity contribution < 1.29 is 19.4 Å². The number of carbonyl (C=O) groups excluding carboxylic acids is 1. The average molecular weight is 734 g/mol. The molecule has 1 aliphatic rings. The zero-order valence-electron chi connectivity index (χ0n) is 35.4.